The van der Waals surface area contributed by atoms with Gasteiger partial charge in [0.25, 0.3) is 5.56 Å². The number of nitrogens with two attached hydrogens (primary N) is 1. The Bertz CT molecular complexity index is 2590. The average molecular weight is 666 g/mol. The fourth-order valence-electron chi connectivity index (χ4n) is 7.70. The summed E-state index contributed by atoms with van der Waals surface area (Å²) in [7, 11) is 1.87. The van der Waals surface area contributed by atoms with Gasteiger partial charge in [-0.25, -0.2) is 19.6 Å². The lowest BCUT2D eigenvalue weighted by atomic mass is 9.95. The van der Waals surface area contributed by atoms with Crippen LogP contribution in [0.3, 0.4) is 0 Å². The molecule has 5 heterocycles. The molecule has 50 heavy (non-hydrogen) atoms. The molecule has 1 saturated carbocycles. The van der Waals surface area contributed by atoms with Gasteiger partial charge >= 0.3 is 0 Å². The highest BCUT2D eigenvalue weighted by Gasteiger charge is 2.49. The van der Waals surface area contributed by atoms with E-state index in [1.807, 2.05) is 61.9 Å². The number of anilines is 1. The first-order valence-corrected chi connectivity index (χ1v) is 16.7. The number of hydrogen-bond acceptors (Lipinski definition) is 9. The molecule has 3 N–H and O–H groups in total. The van der Waals surface area contributed by atoms with Crippen LogP contribution < -0.4 is 16.0 Å². The van der Waals surface area contributed by atoms with E-state index in [9.17, 15) is 5.11 Å². The number of nitrogen functional groups attached to an aromatic ring is 1. The van der Waals surface area contributed by atoms with E-state index >= 15 is 4.79 Å². The molecule has 1 aliphatic carbocycles. The number of nitrogens with zero attached hydrogens (tertiary/aromatic N) is 8. The van der Waals surface area contributed by atoms with E-state index in [0.717, 1.165) is 46.4 Å². The third-order valence-corrected chi connectivity index (χ3v) is 10.1. The largest absolute Gasteiger partial charge is 0.504 e. The number of benzene rings is 3. The van der Waals surface area contributed by atoms with Crippen molar-refractivity contribution in [3.8, 4) is 34.0 Å². The van der Waals surface area contributed by atoms with E-state index in [2.05, 4.69) is 40.2 Å². The van der Waals surface area contributed by atoms with Gasteiger partial charge in [-0.15, -0.1) is 0 Å². The third kappa shape index (κ3) is 4.44. The van der Waals surface area contributed by atoms with Crippen LogP contribution in [0, 0.1) is 6.92 Å². The van der Waals surface area contributed by atoms with Crippen LogP contribution in [-0.2, 0) is 25.6 Å². The van der Waals surface area contributed by atoms with Crippen molar-refractivity contribution in [1.82, 2.24) is 39.1 Å². The number of phenols is 1. The van der Waals surface area contributed by atoms with Crippen LogP contribution in [0.15, 0.2) is 78.0 Å². The quantitative estimate of drug-likeness (QED) is 0.235. The Kier molecular flexibility index (Phi) is 6.30. The molecule has 0 radical (unpaired) electrons. The van der Waals surface area contributed by atoms with Crippen LogP contribution in [-0.4, -0.2) is 49.8 Å². The Morgan fingerprint density at radius 1 is 1.00 bits per heavy atom. The van der Waals surface area contributed by atoms with Crippen LogP contribution in [0.5, 0.6) is 11.5 Å². The van der Waals surface area contributed by atoms with Gasteiger partial charge in [0, 0.05) is 36.4 Å². The maximum Gasteiger partial charge on any atom is 0.262 e. The van der Waals surface area contributed by atoms with Crippen LogP contribution >= 0.6 is 0 Å². The first kappa shape index (κ1) is 30.1. The summed E-state index contributed by atoms with van der Waals surface area (Å²) >= 11 is 0. The molecule has 12 nitrogen and oxygen atoms in total. The number of fused-ring (bicyclic) bond motifs is 3. The van der Waals surface area contributed by atoms with Gasteiger partial charge in [0.15, 0.2) is 17.1 Å². The smallest absolute Gasteiger partial charge is 0.262 e. The molecule has 2 aliphatic rings. The lowest BCUT2D eigenvalue weighted by Crippen LogP contribution is -2.36. The Labute approximate surface area is 286 Å². The third-order valence-electron chi connectivity index (χ3n) is 10.1. The average Bonchev–Trinajstić information content (AvgIpc) is 3.44. The summed E-state index contributed by atoms with van der Waals surface area (Å²) in [6.45, 7) is 6.17. The number of ether oxygens (including phenoxy) is 1. The summed E-state index contributed by atoms with van der Waals surface area (Å²) in [5.41, 5.74) is 12.4. The number of rotatable bonds is 6. The zero-order valence-corrected chi connectivity index (χ0v) is 28.2. The van der Waals surface area contributed by atoms with Crippen LogP contribution in [0.25, 0.3) is 44.5 Å². The van der Waals surface area contributed by atoms with Gasteiger partial charge in [-0.2, -0.15) is 10.2 Å². The maximum atomic E-state index is 15.1. The highest BCUT2D eigenvalue weighted by Crippen LogP contribution is 2.50. The number of hydrogen-bond donors (Lipinski definition) is 2. The molecule has 3 aromatic carbocycles. The summed E-state index contributed by atoms with van der Waals surface area (Å²) in [5.74, 6) is 1.34. The van der Waals surface area contributed by atoms with Crippen molar-refractivity contribution in [2.45, 2.75) is 57.7 Å². The number of aromatic nitrogens is 8. The maximum absolute atomic E-state index is 15.1. The lowest BCUT2D eigenvalue weighted by molar-refractivity contribution is 0.134. The molecule has 0 saturated heterocycles. The number of aryl methyl sites for hydroxylation is 2. The SMILES string of the molecule is Cc1cccc(C2(n3c(Cn4nc(-c5ccc(O)c6c5CC(C)(C)O6)c5c(N)ncnc54)nc4cccc(-c5ccnn5C)c4c3=O)CC2)c1. The van der Waals surface area contributed by atoms with Gasteiger partial charge in [-0.3, -0.25) is 14.0 Å². The van der Waals surface area contributed by atoms with Crippen molar-refractivity contribution in [2.75, 3.05) is 5.73 Å². The van der Waals surface area contributed by atoms with Gasteiger partial charge in [0.1, 0.15) is 35.8 Å². The van der Waals surface area contributed by atoms with Crippen molar-refractivity contribution in [1.29, 1.82) is 0 Å². The molecule has 0 spiro atoms. The number of phenolic OH excluding ortho intramolecular Hbond substituents is 1. The highest BCUT2D eigenvalue weighted by atomic mass is 16.5. The van der Waals surface area contributed by atoms with E-state index in [4.69, 9.17) is 20.6 Å². The Morgan fingerprint density at radius 2 is 1.82 bits per heavy atom. The molecule has 250 valence electrons. The van der Waals surface area contributed by atoms with E-state index in [-0.39, 0.29) is 23.7 Å². The Hall–Kier alpha value is -6.04. The van der Waals surface area contributed by atoms with Crippen LogP contribution in [0.4, 0.5) is 5.82 Å². The molecule has 7 aromatic rings. The van der Waals surface area contributed by atoms with Gasteiger partial charge in [-0.05, 0) is 63.4 Å². The Balaban J connectivity index is 1.29. The summed E-state index contributed by atoms with van der Waals surface area (Å²) in [4.78, 5) is 29.3. The van der Waals surface area contributed by atoms with E-state index in [1.165, 1.54) is 6.33 Å². The standard InChI is InChI=1S/C38H35N9O3/c1-21-7-5-8-22(17-21)38(14-15-38)47-29(43-26-10-6-9-24(30(26)36(47)49)27-13-16-42-45(27)4)19-46-35-31(34(39)40-20-41-35)32(44-46)23-11-12-28(48)33-25(23)18-37(2,3)50-33/h5-13,16-17,20,48H,14-15,18-19H2,1-4H3,(H2,39,40,41). The molecule has 0 bridgehead atoms. The molecule has 0 atom stereocenters. The second-order valence-electron chi connectivity index (χ2n) is 14.1. The molecule has 9 rings (SSSR count). The zero-order chi connectivity index (χ0) is 34.5. The van der Waals surface area contributed by atoms with E-state index in [1.54, 1.807) is 21.6 Å². The minimum absolute atomic E-state index is 0.0723. The van der Waals surface area contributed by atoms with Crippen molar-refractivity contribution in [3.63, 3.8) is 0 Å². The molecule has 4 aromatic heterocycles. The summed E-state index contributed by atoms with van der Waals surface area (Å²) in [5, 5.41) is 21.3. The predicted molar refractivity (Wildman–Crippen MR) is 190 cm³/mol. The molecule has 12 heteroatoms. The van der Waals surface area contributed by atoms with Crippen molar-refractivity contribution in [2.24, 2.45) is 7.05 Å². The van der Waals surface area contributed by atoms with Gasteiger partial charge in [0.05, 0.1) is 27.5 Å². The summed E-state index contributed by atoms with van der Waals surface area (Å²) in [6, 6.07) is 19.5. The minimum atomic E-state index is -0.570. The normalized spacial score (nSPS) is 15.8. The van der Waals surface area contributed by atoms with Crippen LogP contribution in [0.2, 0.25) is 0 Å². The van der Waals surface area contributed by atoms with Crippen molar-refractivity contribution in [3.05, 3.63) is 106 Å². The van der Waals surface area contributed by atoms with Crippen LogP contribution in [0.1, 0.15) is 49.2 Å². The lowest BCUT2D eigenvalue weighted by Gasteiger charge is -2.24. The molecule has 0 unspecified atom stereocenters. The molecule has 0 amide bonds. The van der Waals surface area contributed by atoms with Gasteiger partial charge in [-0.1, -0.05) is 42.0 Å². The zero-order valence-electron chi connectivity index (χ0n) is 28.2. The monoisotopic (exact) mass is 665 g/mol. The first-order chi connectivity index (χ1) is 24.0. The second kappa shape index (κ2) is 10.5. The molecule has 1 fully saturated rings. The summed E-state index contributed by atoms with van der Waals surface area (Å²) in [6.07, 6.45) is 5.30. The topological polar surface area (TPSA) is 152 Å². The fourth-order valence-corrected chi connectivity index (χ4v) is 7.70. The molecular formula is C38H35N9O3. The Morgan fingerprint density at radius 3 is 2.58 bits per heavy atom. The first-order valence-electron chi connectivity index (χ1n) is 16.7. The number of aromatic hydroxyl groups is 1. The van der Waals surface area contributed by atoms with E-state index in [0.29, 0.717) is 45.6 Å². The fraction of sp³-hybridized carbons (Fsp3) is 0.263. The van der Waals surface area contributed by atoms with Gasteiger partial charge in [0.2, 0.25) is 0 Å². The van der Waals surface area contributed by atoms with Gasteiger partial charge < -0.3 is 15.6 Å². The predicted octanol–water partition coefficient (Wildman–Crippen LogP) is 5.50. The van der Waals surface area contributed by atoms with Crippen molar-refractivity contribution >= 4 is 27.8 Å². The molecular weight excluding hydrogens is 630 g/mol. The molecule has 1 aliphatic heterocycles. The second-order valence-corrected chi connectivity index (χ2v) is 14.1. The minimum Gasteiger partial charge on any atom is -0.504 e. The van der Waals surface area contributed by atoms with E-state index < -0.39 is 11.1 Å². The summed E-state index contributed by atoms with van der Waals surface area (Å²) < 4.78 is 11.6. The highest BCUT2D eigenvalue weighted by molar-refractivity contribution is 5.99. The van der Waals surface area contributed by atoms with Crippen molar-refractivity contribution < 1.29 is 9.84 Å².